The molecule has 0 atom stereocenters. The van der Waals surface area contributed by atoms with Gasteiger partial charge in [0.2, 0.25) is 0 Å². The van der Waals surface area contributed by atoms with E-state index in [2.05, 4.69) is 17.1 Å². The Balaban J connectivity index is 2.17. The van der Waals surface area contributed by atoms with Crippen LogP contribution < -0.4 is 10.6 Å². The van der Waals surface area contributed by atoms with Crippen LogP contribution in [-0.2, 0) is 5.41 Å². The van der Waals surface area contributed by atoms with Gasteiger partial charge in [0.15, 0.2) is 0 Å². The maximum atomic E-state index is 5.64. The molecule has 0 unspecified atom stereocenters. The fourth-order valence-electron chi connectivity index (χ4n) is 2.07. The maximum Gasteiger partial charge on any atom is 0.127 e. The van der Waals surface area contributed by atoms with Crippen molar-refractivity contribution in [3.63, 3.8) is 0 Å². The Bertz CT molecular complexity index is 325. The third-order valence-corrected chi connectivity index (χ3v) is 3.29. The SMILES string of the molecule is CN(C)c1ccc(C2(CCN)CC2)cn1. The van der Waals surface area contributed by atoms with E-state index in [9.17, 15) is 0 Å². The molecule has 1 saturated carbocycles. The van der Waals surface area contributed by atoms with Gasteiger partial charge in [-0.05, 0) is 42.9 Å². The van der Waals surface area contributed by atoms with Crippen LogP contribution in [0, 0.1) is 0 Å². The topological polar surface area (TPSA) is 42.1 Å². The number of aromatic nitrogens is 1. The Labute approximate surface area is 91.3 Å². The molecule has 2 rings (SSSR count). The van der Waals surface area contributed by atoms with Gasteiger partial charge in [0.25, 0.3) is 0 Å². The molecule has 0 amide bonds. The van der Waals surface area contributed by atoms with E-state index in [0.717, 1.165) is 18.8 Å². The van der Waals surface area contributed by atoms with Gasteiger partial charge in [0.05, 0.1) is 0 Å². The van der Waals surface area contributed by atoms with E-state index in [4.69, 9.17) is 5.73 Å². The maximum absolute atomic E-state index is 5.64. The van der Waals surface area contributed by atoms with Crippen LogP contribution in [0.5, 0.6) is 0 Å². The molecule has 0 saturated heterocycles. The molecule has 1 aromatic heterocycles. The van der Waals surface area contributed by atoms with Crippen molar-refractivity contribution in [2.75, 3.05) is 25.5 Å². The Morgan fingerprint density at radius 3 is 2.53 bits per heavy atom. The molecule has 1 heterocycles. The number of hydrogen-bond donors (Lipinski definition) is 1. The summed E-state index contributed by atoms with van der Waals surface area (Å²) in [6.07, 6.45) is 5.65. The van der Waals surface area contributed by atoms with Crippen molar-refractivity contribution in [3.8, 4) is 0 Å². The van der Waals surface area contributed by atoms with Crippen LogP contribution in [-0.4, -0.2) is 25.6 Å². The number of rotatable bonds is 4. The molecule has 0 aliphatic heterocycles. The van der Waals surface area contributed by atoms with Crippen molar-refractivity contribution in [1.82, 2.24) is 4.98 Å². The molecule has 3 heteroatoms. The minimum Gasteiger partial charge on any atom is -0.363 e. The van der Waals surface area contributed by atoms with Crippen LogP contribution in [0.3, 0.4) is 0 Å². The van der Waals surface area contributed by atoms with Crippen molar-refractivity contribution < 1.29 is 0 Å². The summed E-state index contributed by atoms with van der Waals surface area (Å²) in [5.41, 5.74) is 7.37. The number of nitrogens with two attached hydrogens (primary N) is 1. The molecule has 82 valence electrons. The summed E-state index contributed by atoms with van der Waals surface area (Å²) < 4.78 is 0. The Morgan fingerprint density at radius 1 is 1.40 bits per heavy atom. The molecule has 1 aliphatic carbocycles. The lowest BCUT2D eigenvalue weighted by Gasteiger charge is -2.16. The Kier molecular flexibility index (Phi) is 2.65. The van der Waals surface area contributed by atoms with E-state index in [-0.39, 0.29) is 0 Å². The van der Waals surface area contributed by atoms with E-state index >= 15 is 0 Å². The second-order valence-corrected chi connectivity index (χ2v) is 4.62. The Morgan fingerprint density at radius 2 is 2.13 bits per heavy atom. The van der Waals surface area contributed by atoms with Gasteiger partial charge in [-0.3, -0.25) is 0 Å². The van der Waals surface area contributed by atoms with Crippen molar-refractivity contribution in [3.05, 3.63) is 23.9 Å². The van der Waals surface area contributed by atoms with Crippen LogP contribution in [0.4, 0.5) is 5.82 Å². The standard InChI is InChI=1S/C12H19N3/c1-15(2)11-4-3-10(9-14-11)12(5-6-12)7-8-13/h3-4,9H,5-8,13H2,1-2H3. The second kappa shape index (κ2) is 3.81. The average molecular weight is 205 g/mol. The predicted octanol–water partition coefficient (Wildman–Crippen LogP) is 1.53. The zero-order valence-electron chi connectivity index (χ0n) is 9.53. The fourth-order valence-corrected chi connectivity index (χ4v) is 2.07. The summed E-state index contributed by atoms with van der Waals surface area (Å²) in [6, 6.07) is 4.29. The quantitative estimate of drug-likeness (QED) is 0.810. The van der Waals surface area contributed by atoms with E-state index < -0.39 is 0 Å². The van der Waals surface area contributed by atoms with E-state index in [1.165, 1.54) is 18.4 Å². The highest BCUT2D eigenvalue weighted by molar-refractivity contribution is 5.40. The highest BCUT2D eigenvalue weighted by atomic mass is 15.1. The van der Waals surface area contributed by atoms with Crippen LogP contribution in [0.15, 0.2) is 18.3 Å². The van der Waals surface area contributed by atoms with Crippen molar-refractivity contribution in [2.24, 2.45) is 5.73 Å². The van der Waals surface area contributed by atoms with Crippen LogP contribution in [0.2, 0.25) is 0 Å². The molecule has 15 heavy (non-hydrogen) atoms. The zero-order chi connectivity index (χ0) is 10.9. The van der Waals surface area contributed by atoms with E-state index in [1.54, 1.807) is 0 Å². The molecule has 0 aromatic carbocycles. The molecule has 2 N–H and O–H groups in total. The summed E-state index contributed by atoms with van der Waals surface area (Å²) in [5, 5.41) is 0. The lowest BCUT2D eigenvalue weighted by atomic mass is 9.94. The van der Waals surface area contributed by atoms with Crippen molar-refractivity contribution in [1.29, 1.82) is 0 Å². The first-order chi connectivity index (χ1) is 7.18. The lowest BCUT2D eigenvalue weighted by Crippen LogP contribution is -2.15. The second-order valence-electron chi connectivity index (χ2n) is 4.62. The summed E-state index contributed by atoms with van der Waals surface area (Å²) in [4.78, 5) is 6.47. The highest BCUT2D eigenvalue weighted by Crippen LogP contribution is 2.50. The zero-order valence-corrected chi connectivity index (χ0v) is 9.53. The highest BCUT2D eigenvalue weighted by Gasteiger charge is 2.43. The molecule has 0 bridgehead atoms. The predicted molar refractivity (Wildman–Crippen MR) is 63.1 cm³/mol. The monoisotopic (exact) mass is 205 g/mol. The lowest BCUT2D eigenvalue weighted by molar-refractivity contribution is 0.626. The van der Waals surface area contributed by atoms with Gasteiger partial charge in [-0.15, -0.1) is 0 Å². The molecular weight excluding hydrogens is 186 g/mol. The first-order valence-corrected chi connectivity index (χ1v) is 5.52. The molecule has 1 aromatic rings. The first-order valence-electron chi connectivity index (χ1n) is 5.52. The van der Waals surface area contributed by atoms with Gasteiger partial charge in [-0.25, -0.2) is 4.98 Å². The average Bonchev–Trinajstić information content (AvgIpc) is 3.00. The summed E-state index contributed by atoms with van der Waals surface area (Å²) in [7, 11) is 4.02. The van der Waals surface area contributed by atoms with E-state index in [0.29, 0.717) is 5.41 Å². The van der Waals surface area contributed by atoms with Gasteiger partial charge in [-0.1, -0.05) is 6.07 Å². The van der Waals surface area contributed by atoms with Crippen LogP contribution >= 0.6 is 0 Å². The molecule has 0 radical (unpaired) electrons. The first kappa shape index (κ1) is 10.4. The smallest absolute Gasteiger partial charge is 0.127 e. The van der Waals surface area contributed by atoms with Gasteiger partial charge < -0.3 is 10.6 Å². The van der Waals surface area contributed by atoms with Crippen LogP contribution in [0.1, 0.15) is 24.8 Å². The number of nitrogens with zero attached hydrogens (tertiary/aromatic N) is 2. The summed E-state index contributed by atoms with van der Waals surface area (Å²) in [5.74, 6) is 1.02. The van der Waals surface area contributed by atoms with Crippen molar-refractivity contribution in [2.45, 2.75) is 24.7 Å². The minimum atomic E-state index is 0.368. The Hall–Kier alpha value is -1.09. The molecule has 1 fully saturated rings. The summed E-state index contributed by atoms with van der Waals surface area (Å²) in [6.45, 7) is 0.773. The normalized spacial score (nSPS) is 17.5. The number of pyridine rings is 1. The third-order valence-electron chi connectivity index (χ3n) is 3.29. The fraction of sp³-hybridized carbons (Fsp3) is 0.583. The van der Waals surface area contributed by atoms with Gasteiger partial charge >= 0.3 is 0 Å². The van der Waals surface area contributed by atoms with Gasteiger partial charge in [0.1, 0.15) is 5.82 Å². The summed E-state index contributed by atoms with van der Waals surface area (Å²) >= 11 is 0. The minimum absolute atomic E-state index is 0.368. The van der Waals surface area contributed by atoms with E-state index in [1.807, 2.05) is 25.2 Å². The molecule has 1 aliphatic rings. The third kappa shape index (κ3) is 1.97. The van der Waals surface area contributed by atoms with Gasteiger partial charge in [-0.2, -0.15) is 0 Å². The molecule has 0 spiro atoms. The molecular formula is C12H19N3. The number of anilines is 1. The van der Waals surface area contributed by atoms with Gasteiger partial charge in [0, 0.05) is 20.3 Å². The largest absolute Gasteiger partial charge is 0.363 e. The van der Waals surface area contributed by atoms with Crippen LogP contribution in [0.25, 0.3) is 0 Å². The molecule has 3 nitrogen and oxygen atoms in total. The number of hydrogen-bond acceptors (Lipinski definition) is 3. The van der Waals surface area contributed by atoms with Crippen molar-refractivity contribution >= 4 is 5.82 Å².